The number of carbonyl (C=O) groups excluding carboxylic acids is 3. The Kier molecular flexibility index (Phi) is 5.20. The largest absolute Gasteiger partial charge is 0.507 e. The van der Waals surface area contributed by atoms with Gasteiger partial charge in [0.05, 0.1) is 16.1 Å². The van der Waals surface area contributed by atoms with Crippen LogP contribution in [0, 0.1) is 12.7 Å². The lowest BCUT2D eigenvalue weighted by molar-refractivity contribution is -0.132. The van der Waals surface area contributed by atoms with E-state index in [1.165, 1.54) is 49.6 Å². The van der Waals surface area contributed by atoms with E-state index in [0.717, 1.165) is 16.2 Å². The number of pyridine rings is 1. The highest BCUT2D eigenvalue weighted by Gasteiger charge is 2.49. The van der Waals surface area contributed by atoms with Crippen molar-refractivity contribution in [2.45, 2.75) is 19.9 Å². The van der Waals surface area contributed by atoms with Crippen LogP contribution in [0.2, 0.25) is 0 Å². The molecule has 1 atom stereocenters. The molecule has 156 valence electrons. The number of aliphatic hydroxyl groups is 1. The number of aromatic nitrogens is 2. The monoisotopic (exact) mass is 437 g/mol. The van der Waals surface area contributed by atoms with E-state index < -0.39 is 29.3 Å². The molecule has 1 fully saturated rings. The zero-order valence-electron chi connectivity index (χ0n) is 16.5. The van der Waals surface area contributed by atoms with Crippen molar-refractivity contribution in [2.24, 2.45) is 0 Å². The minimum absolute atomic E-state index is 0.0227. The van der Waals surface area contributed by atoms with E-state index in [0.29, 0.717) is 10.6 Å². The van der Waals surface area contributed by atoms with Gasteiger partial charge >= 0.3 is 5.91 Å². The van der Waals surface area contributed by atoms with Gasteiger partial charge in [-0.2, -0.15) is 0 Å². The van der Waals surface area contributed by atoms with Crippen LogP contribution >= 0.6 is 11.3 Å². The first-order chi connectivity index (χ1) is 14.8. The van der Waals surface area contributed by atoms with Crippen LogP contribution in [-0.2, 0) is 9.59 Å². The first-order valence-electron chi connectivity index (χ1n) is 9.25. The van der Waals surface area contributed by atoms with E-state index >= 15 is 0 Å². The van der Waals surface area contributed by atoms with Crippen molar-refractivity contribution in [2.75, 3.05) is 4.90 Å². The molecule has 9 heteroatoms. The number of ketones is 2. The van der Waals surface area contributed by atoms with E-state index in [1.54, 1.807) is 13.0 Å². The number of aryl methyl sites for hydroxylation is 1. The molecule has 1 aliphatic rings. The summed E-state index contributed by atoms with van der Waals surface area (Å²) in [5, 5.41) is 11.0. The quantitative estimate of drug-likeness (QED) is 0.288. The fourth-order valence-electron chi connectivity index (χ4n) is 3.50. The highest BCUT2D eigenvalue weighted by Crippen LogP contribution is 2.44. The summed E-state index contributed by atoms with van der Waals surface area (Å²) in [5.74, 6) is -3.28. The molecule has 0 radical (unpaired) electrons. The molecule has 1 saturated heterocycles. The summed E-state index contributed by atoms with van der Waals surface area (Å²) in [6.07, 6.45) is 2.85. The summed E-state index contributed by atoms with van der Waals surface area (Å²) in [7, 11) is 0. The van der Waals surface area contributed by atoms with E-state index in [2.05, 4.69) is 9.97 Å². The molecule has 31 heavy (non-hydrogen) atoms. The maximum absolute atomic E-state index is 14.8. The van der Waals surface area contributed by atoms with E-state index in [9.17, 15) is 23.9 Å². The summed E-state index contributed by atoms with van der Waals surface area (Å²) in [5.41, 5.74) is 0.415. The number of halogens is 1. The van der Waals surface area contributed by atoms with Crippen LogP contribution in [0.1, 0.15) is 39.5 Å². The van der Waals surface area contributed by atoms with Gasteiger partial charge in [0, 0.05) is 30.4 Å². The van der Waals surface area contributed by atoms with Crippen LogP contribution in [0.15, 0.2) is 54.4 Å². The molecule has 2 aromatic heterocycles. The zero-order chi connectivity index (χ0) is 22.3. The van der Waals surface area contributed by atoms with Gasteiger partial charge in [-0.25, -0.2) is 9.37 Å². The third kappa shape index (κ3) is 3.42. The minimum atomic E-state index is -1.25. The van der Waals surface area contributed by atoms with Crippen molar-refractivity contribution in [3.63, 3.8) is 0 Å². The molecule has 0 bridgehead atoms. The predicted octanol–water partition coefficient (Wildman–Crippen LogP) is 3.81. The van der Waals surface area contributed by atoms with Crippen LogP contribution in [0.4, 0.5) is 9.52 Å². The summed E-state index contributed by atoms with van der Waals surface area (Å²) in [6, 6.07) is 7.39. The number of Topliss-reactive ketones (excluding diaryl/α,β-unsaturated/α-hetero) is 2. The Morgan fingerprint density at radius 1 is 1.16 bits per heavy atom. The highest BCUT2D eigenvalue weighted by molar-refractivity contribution is 7.18. The predicted molar refractivity (Wildman–Crippen MR) is 112 cm³/mol. The van der Waals surface area contributed by atoms with Crippen LogP contribution in [-0.4, -0.2) is 32.5 Å². The topological polar surface area (TPSA) is 100 Å². The second kappa shape index (κ2) is 7.84. The number of thiazole rings is 1. The van der Waals surface area contributed by atoms with Crippen LogP contribution in [0.5, 0.6) is 0 Å². The molecule has 3 aromatic rings. The fourth-order valence-corrected chi connectivity index (χ4v) is 4.49. The lowest BCUT2D eigenvalue weighted by Gasteiger charge is -2.23. The van der Waals surface area contributed by atoms with E-state index in [4.69, 9.17) is 0 Å². The molecule has 3 heterocycles. The number of carbonyl (C=O) groups is 3. The van der Waals surface area contributed by atoms with Gasteiger partial charge in [0.2, 0.25) is 0 Å². The van der Waals surface area contributed by atoms with Gasteiger partial charge < -0.3 is 5.11 Å². The van der Waals surface area contributed by atoms with Gasteiger partial charge in [-0.15, -0.1) is 0 Å². The molecule has 1 unspecified atom stereocenters. The third-order valence-corrected chi connectivity index (χ3v) is 6.17. The Balaban J connectivity index is 1.98. The molecular weight excluding hydrogens is 421 g/mol. The van der Waals surface area contributed by atoms with E-state index in [-0.39, 0.29) is 27.6 Å². The number of benzene rings is 1. The second-order valence-electron chi connectivity index (χ2n) is 6.89. The van der Waals surface area contributed by atoms with Crippen molar-refractivity contribution in [3.8, 4) is 0 Å². The van der Waals surface area contributed by atoms with Gasteiger partial charge in [0.25, 0.3) is 5.78 Å². The normalized spacial score (nSPS) is 17.9. The molecule has 1 aliphatic heterocycles. The smallest absolute Gasteiger partial charge is 0.301 e. The summed E-state index contributed by atoms with van der Waals surface area (Å²) in [4.78, 5) is 47.4. The summed E-state index contributed by atoms with van der Waals surface area (Å²) in [6.45, 7) is 2.98. The first-order valence-corrected chi connectivity index (χ1v) is 10.1. The van der Waals surface area contributed by atoms with Gasteiger partial charge in [-0.3, -0.25) is 24.3 Å². The van der Waals surface area contributed by atoms with Crippen molar-refractivity contribution >= 4 is 39.7 Å². The van der Waals surface area contributed by atoms with Crippen molar-refractivity contribution < 1.29 is 23.9 Å². The standard InChI is InChI=1S/C22H16FN3O4S/c1-11-20(12(2)27)31-22(25-11)26-17(14-5-3-4-6-15(14)23)16(19(29)21(26)30)18(28)13-7-9-24-10-8-13/h3-10,17,28H,1-2H3. The maximum Gasteiger partial charge on any atom is 0.301 e. The molecule has 0 aliphatic carbocycles. The Hall–Kier alpha value is -3.72. The number of aliphatic hydroxyl groups excluding tert-OH is 1. The Bertz CT molecular complexity index is 1250. The number of hydrogen-bond donors (Lipinski definition) is 1. The van der Waals surface area contributed by atoms with Crippen molar-refractivity contribution in [3.05, 3.63) is 81.9 Å². The average molecular weight is 437 g/mol. The van der Waals surface area contributed by atoms with Gasteiger partial charge in [0.1, 0.15) is 17.6 Å². The number of nitrogens with zero attached hydrogens (tertiary/aromatic N) is 3. The van der Waals surface area contributed by atoms with Crippen LogP contribution in [0.3, 0.4) is 0 Å². The van der Waals surface area contributed by atoms with Crippen LogP contribution in [0.25, 0.3) is 5.76 Å². The summed E-state index contributed by atoms with van der Waals surface area (Å²) < 4.78 is 14.8. The van der Waals surface area contributed by atoms with Gasteiger partial charge in [0.15, 0.2) is 10.9 Å². The van der Waals surface area contributed by atoms with Gasteiger partial charge in [-0.05, 0) is 25.1 Å². The maximum atomic E-state index is 14.8. The van der Waals surface area contributed by atoms with Gasteiger partial charge in [-0.1, -0.05) is 29.5 Å². The SMILES string of the molecule is CC(=O)c1sc(N2C(=O)C(=O)C(=C(O)c3ccncc3)C2c2ccccc2F)nc1C. The fraction of sp³-hybridized carbons (Fsp3) is 0.136. The number of hydrogen-bond acceptors (Lipinski definition) is 7. The zero-order valence-corrected chi connectivity index (χ0v) is 17.3. The lowest BCUT2D eigenvalue weighted by atomic mass is 9.95. The Morgan fingerprint density at radius 2 is 1.84 bits per heavy atom. The van der Waals surface area contributed by atoms with E-state index in [1.807, 2.05) is 0 Å². The Labute approximate surface area is 180 Å². The van der Waals surface area contributed by atoms with Crippen molar-refractivity contribution in [1.29, 1.82) is 0 Å². The molecular formula is C22H16FN3O4S. The van der Waals surface area contributed by atoms with Crippen LogP contribution < -0.4 is 4.90 Å². The molecule has 1 aromatic carbocycles. The molecule has 1 N–H and O–H groups in total. The molecule has 0 saturated carbocycles. The molecule has 1 amide bonds. The molecule has 0 spiro atoms. The summed E-state index contributed by atoms with van der Waals surface area (Å²) >= 11 is 0.940. The number of amides is 1. The average Bonchev–Trinajstić information content (AvgIpc) is 3.26. The first kappa shape index (κ1) is 20.5. The lowest BCUT2D eigenvalue weighted by Crippen LogP contribution is -2.29. The highest BCUT2D eigenvalue weighted by atomic mass is 32.1. The Morgan fingerprint density at radius 3 is 2.45 bits per heavy atom. The van der Waals surface area contributed by atoms with Crippen molar-refractivity contribution in [1.82, 2.24) is 9.97 Å². The second-order valence-corrected chi connectivity index (χ2v) is 7.87. The minimum Gasteiger partial charge on any atom is -0.507 e. The molecule has 4 rings (SSSR count). The number of anilines is 1. The molecule has 7 nitrogen and oxygen atoms in total. The third-order valence-electron chi connectivity index (χ3n) is 4.91. The number of rotatable bonds is 4.